The van der Waals surface area contributed by atoms with E-state index in [0.29, 0.717) is 13.2 Å². The highest BCUT2D eigenvalue weighted by atomic mass is 16.5. The van der Waals surface area contributed by atoms with E-state index in [-0.39, 0.29) is 6.04 Å². The fourth-order valence-electron chi connectivity index (χ4n) is 1.92. The van der Waals surface area contributed by atoms with Gasteiger partial charge in [0.25, 0.3) is 0 Å². The third-order valence-electron chi connectivity index (χ3n) is 3.34. The standard InChI is InChI=1S/C15H23NO3/c1-12-9-15(19-4)6-5-14(12)10-16(11-17)13(2)7-8-18-3/h5-6,9,11,13H,7-8,10H2,1-4H3. The lowest BCUT2D eigenvalue weighted by Crippen LogP contribution is -2.32. The molecular weight excluding hydrogens is 242 g/mol. The van der Waals surface area contributed by atoms with Crippen molar-refractivity contribution in [2.75, 3.05) is 20.8 Å². The maximum absolute atomic E-state index is 11.2. The van der Waals surface area contributed by atoms with Crippen LogP contribution in [0, 0.1) is 6.92 Å². The molecule has 0 fully saturated rings. The van der Waals surface area contributed by atoms with Gasteiger partial charge in [-0.05, 0) is 43.5 Å². The van der Waals surface area contributed by atoms with Gasteiger partial charge < -0.3 is 14.4 Å². The second kappa shape index (κ2) is 7.79. The summed E-state index contributed by atoms with van der Waals surface area (Å²) in [5.74, 6) is 0.839. The van der Waals surface area contributed by atoms with Crippen LogP contribution in [0.3, 0.4) is 0 Å². The Morgan fingerprint density at radius 2 is 2.11 bits per heavy atom. The molecule has 0 N–H and O–H groups in total. The van der Waals surface area contributed by atoms with Crippen LogP contribution in [0.2, 0.25) is 0 Å². The van der Waals surface area contributed by atoms with Gasteiger partial charge >= 0.3 is 0 Å². The number of ether oxygens (including phenoxy) is 2. The van der Waals surface area contributed by atoms with Gasteiger partial charge in [0.1, 0.15) is 5.75 Å². The normalized spacial score (nSPS) is 12.0. The fourth-order valence-corrected chi connectivity index (χ4v) is 1.92. The summed E-state index contributed by atoms with van der Waals surface area (Å²) in [4.78, 5) is 13.0. The fraction of sp³-hybridized carbons (Fsp3) is 0.533. The van der Waals surface area contributed by atoms with Crippen molar-refractivity contribution in [1.29, 1.82) is 0 Å². The number of carbonyl (C=O) groups excluding carboxylic acids is 1. The van der Waals surface area contributed by atoms with Gasteiger partial charge in [-0.15, -0.1) is 0 Å². The van der Waals surface area contributed by atoms with E-state index in [9.17, 15) is 4.79 Å². The zero-order valence-electron chi connectivity index (χ0n) is 12.2. The zero-order chi connectivity index (χ0) is 14.3. The highest BCUT2D eigenvalue weighted by Crippen LogP contribution is 2.19. The molecule has 0 aromatic heterocycles. The Kier molecular flexibility index (Phi) is 6.36. The molecule has 0 heterocycles. The van der Waals surface area contributed by atoms with Crippen LogP contribution in [-0.4, -0.2) is 38.2 Å². The number of aryl methyl sites for hydroxylation is 1. The molecule has 0 spiro atoms. The number of benzene rings is 1. The van der Waals surface area contributed by atoms with Gasteiger partial charge in [-0.3, -0.25) is 4.79 Å². The molecule has 19 heavy (non-hydrogen) atoms. The van der Waals surface area contributed by atoms with Crippen molar-refractivity contribution in [3.63, 3.8) is 0 Å². The van der Waals surface area contributed by atoms with Crippen molar-refractivity contribution in [2.45, 2.75) is 32.9 Å². The summed E-state index contributed by atoms with van der Waals surface area (Å²) in [5.41, 5.74) is 2.27. The summed E-state index contributed by atoms with van der Waals surface area (Å²) >= 11 is 0. The highest BCUT2D eigenvalue weighted by Gasteiger charge is 2.13. The molecule has 4 heteroatoms. The molecule has 0 radical (unpaired) electrons. The van der Waals surface area contributed by atoms with Crippen molar-refractivity contribution >= 4 is 6.41 Å². The minimum absolute atomic E-state index is 0.166. The third kappa shape index (κ3) is 4.56. The summed E-state index contributed by atoms with van der Waals surface area (Å²) < 4.78 is 10.2. The molecule has 106 valence electrons. The number of hydrogen-bond acceptors (Lipinski definition) is 3. The van der Waals surface area contributed by atoms with Crippen molar-refractivity contribution in [3.05, 3.63) is 29.3 Å². The van der Waals surface area contributed by atoms with Crippen molar-refractivity contribution in [1.82, 2.24) is 4.90 Å². The zero-order valence-corrected chi connectivity index (χ0v) is 12.2. The topological polar surface area (TPSA) is 38.8 Å². The van der Waals surface area contributed by atoms with E-state index < -0.39 is 0 Å². The molecule has 1 amide bonds. The maximum atomic E-state index is 11.2. The van der Waals surface area contributed by atoms with Gasteiger partial charge in [0.05, 0.1) is 7.11 Å². The minimum atomic E-state index is 0.166. The van der Waals surface area contributed by atoms with E-state index in [0.717, 1.165) is 29.7 Å². The number of methoxy groups -OCH3 is 2. The predicted molar refractivity (Wildman–Crippen MR) is 75.3 cm³/mol. The SMILES string of the molecule is COCCC(C)N(C=O)Cc1ccc(OC)cc1C. The molecule has 1 atom stereocenters. The second-order valence-corrected chi connectivity index (χ2v) is 4.70. The largest absolute Gasteiger partial charge is 0.497 e. The van der Waals surface area contributed by atoms with Gasteiger partial charge in [0.2, 0.25) is 6.41 Å². The first-order chi connectivity index (χ1) is 9.12. The first-order valence-corrected chi connectivity index (χ1v) is 6.45. The number of rotatable bonds is 8. The summed E-state index contributed by atoms with van der Waals surface area (Å²) in [6, 6.07) is 6.08. The number of nitrogens with zero attached hydrogens (tertiary/aromatic N) is 1. The van der Waals surface area contributed by atoms with Crippen LogP contribution >= 0.6 is 0 Å². The van der Waals surface area contributed by atoms with Crippen LogP contribution in [0.4, 0.5) is 0 Å². The average molecular weight is 265 g/mol. The quantitative estimate of drug-likeness (QED) is 0.677. The molecule has 1 rings (SSSR count). The summed E-state index contributed by atoms with van der Waals surface area (Å²) in [6.45, 7) is 5.34. The summed E-state index contributed by atoms with van der Waals surface area (Å²) in [5, 5.41) is 0. The molecule has 0 saturated heterocycles. The second-order valence-electron chi connectivity index (χ2n) is 4.70. The van der Waals surface area contributed by atoms with Crippen molar-refractivity contribution in [2.24, 2.45) is 0 Å². The first-order valence-electron chi connectivity index (χ1n) is 6.45. The van der Waals surface area contributed by atoms with Crippen LogP contribution in [0.5, 0.6) is 5.75 Å². The van der Waals surface area contributed by atoms with Gasteiger partial charge in [-0.25, -0.2) is 0 Å². The van der Waals surface area contributed by atoms with Crippen LogP contribution in [0.15, 0.2) is 18.2 Å². The van der Waals surface area contributed by atoms with Gasteiger partial charge in [-0.2, -0.15) is 0 Å². The van der Waals surface area contributed by atoms with Crippen LogP contribution in [-0.2, 0) is 16.1 Å². The van der Waals surface area contributed by atoms with E-state index in [1.54, 1.807) is 19.1 Å². The molecule has 0 aliphatic rings. The molecular formula is C15H23NO3. The Bertz CT molecular complexity index is 406. The first kappa shape index (κ1) is 15.5. The van der Waals surface area contributed by atoms with Crippen molar-refractivity contribution < 1.29 is 14.3 Å². The smallest absolute Gasteiger partial charge is 0.210 e. The van der Waals surface area contributed by atoms with Crippen molar-refractivity contribution in [3.8, 4) is 5.75 Å². The molecule has 1 aromatic rings. The van der Waals surface area contributed by atoms with E-state index in [1.165, 1.54) is 0 Å². The molecule has 0 aliphatic heterocycles. The van der Waals surface area contributed by atoms with E-state index in [2.05, 4.69) is 0 Å². The Labute approximate surface area is 115 Å². The number of carbonyl (C=O) groups is 1. The summed E-state index contributed by atoms with van der Waals surface area (Å²) in [7, 11) is 3.32. The monoisotopic (exact) mass is 265 g/mol. The molecule has 1 unspecified atom stereocenters. The number of hydrogen-bond donors (Lipinski definition) is 0. The Morgan fingerprint density at radius 1 is 1.37 bits per heavy atom. The molecule has 0 bridgehead atoms. The summed E-state index contributed by atoms with van der Waals surface area (Å²) in [6.07, 6.45) is 1.74. The highest BCUT2D eigenvalue weighted by molar-refractivity contribution is 5.48. The van der Waals surface area contributed by atoms with Gasteiger partial charge in [0, 0.05) is 26.3 Å². The van der Waals surface area contributed by atoms with Crippen LogP contribution in [0.25, 0.3) is 0 Å². The lowest BCUT2D eigenvalue weighted by molar-refractivity contribution is -0.120. The van der Waals surface area contributed by atoms with E-state index in [4.69, 9.17) is 9.47 Å². The van der Waals surface area contributed by atoms with E-state index in [1.807, 2.05) is 32.0 Å². The Hall–Kier alpha value is -1.55. The molecule has 1 aromatic carbocycles. The number of amides is 1. The lowest BCUT2D eigenvalue weighted by atomic mass is 10.1. The van der Waals surface area contributed by atoms with Crippen LogP contribution in [0.1, 0.15) is 24.5 Å². The molecule has 4 nitrogen and oxygen atoms in total. The minimum Gasteiger partial charge on any atom is -0.497 e. The Balaban J connectivity index is 2.72. The van der Waals surface area contributed by atoms with Gasteiger partial charge in [-0.1, -0.05) is 6.07 Å². The Morgan fingerprint density at radius 3 is 2.63 bits per heavy atom. The van der Waals surface area contributed by atoms with Gasteiger partial charge in [0.15, 0.2) is 0 Å². The maximum Gasteiger partial charge on any atom is 0.210 e. The third-order valence-corrected chi connectivity index (χ3v) is 3.34. The van der Waals surface area contributed by atoms with E-state index >= 15 is 0 Å². The lowest BCUT2D eigenvalue weighted by Gasteiger charge is -2.25. The van der Waals surface area contributed by atoms with Crippen LogP contribution < -0.4 is 4.74 Å². The molecule has 0 aliphatic carbocycles. The average Bonchev–Trinajstić information content (AvgIpc) is 2.43. The predicted octanol–water partition coefficient (Wildman–Crippen LogP) is 2.39. The molecule has 0 saturated carbocycles.